The SMILES string of the molecule is CCN(CC)C(=O)[C@@H]1C[C@H](N)CN1C(=O)/C=C/c1ccccc1. The van der Waals surface area contributed by atoms with Crippen LogP contribution >= 0.6 is 0 Å². The molecule has 5 nitrogen and oxygen atoms in total. The molecule has 0 unspecified atom stereocenters. The van der Waals surface area contributed by atoms with Crippen LogP contribution in [0.1, 0.15) is 25.8 Å². The minimum atomic E-state index is -0.446. The van der Waals surface area contributed by atoms with Crippen LogP contribution in [0.4, 0.5) is 0 Å². The number of likely N-dealkylation sites (N-methyl/N-ethyl adjacent to an activating group) is 1. The molecule has 2 N–H and O–H groups in total. The number of amides is 2. The zero-order valence-corrected chi connectivity index (χ0v) is 13.8. The monoisotopic (exact) mass is 315 g/mol. The van der Waals surface area contributed by atoms with Crippen LogP contribution in [-0.2, 0) is 9.59 Å². The molecule has 0 bridgehead atoms. The first-order valence-corrected chi connectivity index (χ1v) is 8.14. The Morgan fingerprint density at radius 1 is 1.26 bits per heavy atom. The van der Waals surface area contributed by atoms with Crippen molar-refractivity contribution in [2.24, 2.45) is 5.73 Å². The molecule has 1 aromatic rings. The number of nitrogens with two attached hydrogens (primary N) is 1. The highest BCUT2D eigenvalue weighted by molar-refractivity contribution is 5.96. The zero-order valence-electron chi connectivity index (χ0n) is 13.8. The van der Waals surface area contributed by atoms with Crippen molar-refractivity contribution in [1.29, 1.82) is 0 Å². The molecule has 1 fully saturated rings. The molecule has 0 saturated carbocycles. The van der Waals surface area contributed by atoms with Crippen molar-refractivity contribution in [3.05, 3.63) is 42.0 Å². The predicted octanol–water partition coefficient (Wildman–Crippen LogP) is 1.50. The van der Waals surface area contributed by atoms with Gasteiger partial charge in [-0.15, -0.1) is 0 Å². The molecule has 1 aliphatic heterocycles. The maximum absolute atomic E-state index is 12.6. The fourth-order valence-electron chi connectivity index (χ4n) is 2.92. The lowest BCUT2D eigenvalue weighted by Gasteiger charge is -2.28. The minimum absolute atomic E-state index is 0.00980. The summed E-state index contributed by atoms with van der Waals surface area (Å²) in [6.07, 6.45) is 3.82. The standard InChI is InChI=1S/C18H25N3O2/c1-3-20(4-2)18(23)16-12-15(19)13-21(16)17(22)11-10-14-8-6-5-7-9-14/h5-11,15-16H,3-4,12-13,19H2,1-2H3/b11-10+/t15-,16-/m0/s1. The Labute approximate surface area is 137 Å². The maximum Gasteiger partial charge on any atom is 0.247 e. The molecule has 2 amide bonds. The molecule has 1 saturated heterocycles. The second-order valence-corrected chi connectivity index (χ2v) is 5.76. The molecule has 0 aliphatic carbocycles. The molecule has 0 aromatic heterocycles. The Bertz CT molecular complexity index is 567. The summed E-state index contributed by atoms with van der Waals surface area (Å²) in [6.45, 7) is 5.59. The van der Waals surface area contributed by atoms with Crippen LogP contribution in [0.2, 0.25) is 0 Å². The molecule has 1 aromatic carbocycles. The zero-order chi connectivity index (χ0) is 16.8. The molecule has 124 valence electrons. The lowest BCUT2D eigenvalue weighted by Crippen LogP contribution is -2.47. The third kappa shape index (κ3) is 4.20. The van der Waals surface area contributed by atoms with Gasteiger partial charge in [-0.05, 0) is 31.9 Å². The van der Waals surface area contributed by atoms with E-state index in [9.17, 15) is 9.59 Å². The Kier molecular flexibility index (Phi) is 5.93. The average molecular weight is 315 g/mol. The number of benzene rings is 1. The second kappa shape index (κ2) is 7.92. The molecular weight excluding hydrogens is 290 g/mol. The van der Waals surface area contributed by atoms with Gasteiger partial charge in [-0.3, -0.25) is 9.59 Å². The van der Waals surface area contributed by atoms with Gasteiger partial charge in [0.25, 0.3) is 0 Å². The van der Waals surface area contributed by atoms with Gasteiger partial charge in [-0.1, -0.05) is 30.3 Å². The Morgan fingerprint density at radius 2 is 1.91 bits per heavy atom. The molecule has 1 aliphatic rings. The number of nitrogens with zero attached hydrogens (tertiary/aromatic N) is 2. The lowest BCUT2D eigenvalue weighted by molar-refractivity contribution is -0.141. The van der Waals surface area contributed by atoms with E-state index in [0.717, 1.165) is 5.56 Å². The van der Waals surface area contributed by atoms with Crippen LogP contribution < -0.4 is 5.73 Å². The number of carbonyl (C=O) groups excluding carboxylic acids is 2. The van der Waals surface area contributed by atoms with Crippen molar-refractivity contribution in [2.75, 3.05) is 19.6 Å². The summed E-state index contributed by atoms with van der Waals surface area (Å²) in [4.78, 5) is 28.4. The van der Waals surface area contributed by atoms with Crippen molar-refractivity contribution >= 4 is 17.9 Å². The molecule has 0 spiro atoms. The van der Waals surface area contributed by atoms with Gasteiger partial charge < -0.3 is 15.5 Å². The van der Waals surface area contributed by atoms with Crippen molar-refractivity contribution in [3.8, 4) is 0 Å². The Balaban J connectivity index is 2.11. The molecular formula is C18H25N3O2. The normalized spacial score (nSPS) is 20.9. The third-order valence-electron chi connectivity index (χ3n) is 4.19. The largest absolute Gasteiger partial charge is 0.341 e. The summed E-state index contributed by atoms with van der Waals surface area (Å²) in [5.41, 5.74) is 6.95. The van der Waals surface area contributed by atoms with E-state index in [1.54, 1.807) is 15.9 Å². The van der Waals surface area contributed by atoms with Crippen molar-refractivity contribution in [3.63, 3.8) is 0 Å². The summed E-state index contributed by atoms with van der Waals surface area (Å²) in [5.74, 6) is -0.170. The highest BCUT2D eigenvalue weighted by Gasteiger charge is 2.38. The molecule has 5 heteroatoms. The van der Waals surface area contributed by atoms with E-state index in [-0.39, 0.29) is 17.9 Å². The van der Waals surface area contributed by atoms with Crippen LogP contribution in [0.3, 0.4) is 0 Å². The van der Waals surface area contributed by atoms with Crippen LogP contribution in [0.25, 0.3) is 6.08 Å². The number of likely N-dealkylation sites (tertiary alicyclic amines) is 1. The van der Waals surface area contributed by atoms with Crippen LogP contribution in [0.5, 0.6) is 0 Å². The van der Waals surface area contributed by atoms with Gasteiger partial charge in [-0.2, -0.15) is 0 Å². The Morgan fingerprint density at radius 3 is 2.52 bits per heavy atom. The van der Waals surface area contributed by atoms with Crippen LogP contribution in [0, 0.1) is 0 Å². The van der Waals surface area contributed by atoms with Gasteiger partial charge >= 0.3 is 0 Å². The van der Waals surface area contributed by atoms with E-state index in [2.05, 4.69) is 0 Å². The van der Waals surface area contributed by atoms with E-state index >= 15 is 0 Å². The molecule has 1 heterocycles. The highest BCUT2D eigenvalue weighted by Crippen LogP contribution is 2.20. The van der Waals surface area contributed by atoms with E-state index in [1.165, 1.54) is 6.08 Å². The lowest BCUT2D eigenvalue weighted by atomic mass is 10.1. The molecule has 2 rings (SSSR count). The molecule has 2 atom stereocenters. The predicted molar refractivity (Wildman–Crippen MR) is 91.5 cm³/mol. The van der Waals surface area contributed by atoms with Crippen LogP contribution in [-0.4, -0.2) is 53.3 Å². The highest BCUT2D eigenvalue weighted by atomic mass is 16.2. The number of rotatable bonds is 5. The van der Waals surface area contributed by atoms with Crippen molar-refractivity contribution in [1.82, 2.24) is 9.80 Å². The summed E-state index contributed by atoms with van der Waals surface area (Å²) in [5, 5.41) is 0. The summed E-state index contributed by atoms with van der Waals surface area (Å²) >= 11 is 0. The van der Waals surface area contributed by atoms with Gasteiger partial charge in [0.2, 0.25) is 11.8 Å². The van der Waals surface area contributed by atoms with Crippen molar-refractivity contribution in [2.45, 2.75) is 32.4 Å². The average Bonchev–Trinajstić information content (AvgIpc) is 2.96. The first-order chi connectivity index (χ1) is 11.1. The van der Waals surface area contributed by atoms with E-state index in [4.69, 9.17) is 5.73 Å². The summed E-state index contributed by atoms with van der Waals surface area (Å²) in [7, 11) is 0. The van der Waals surface area contributed by atoms with Crippen molar-refractivity contribution < 1.29 is 9.59 Å². The maximum atomic E-state index is 12.6. The van der Waals surface area contributed by atoms with Gasteiger partial charge in [0.05, 0.1) is 0 Å². The van der Waals surface area contributed by atoms with Gasteiger partial charge in [-0.25, -0.2) is 0 Å². The van der Waals surface area contributed by atoms with Crippen LogP contribution in [0.15, 0.2) is 36.4 Å². The smallest absolute Gasteiger partial charge is 0.247 e. The Hall–Kier alpha value is -2.14. The number of hydrogen-bond acceptors (Lipinski definition) is 3. The van der Waals surface area contributed by atoms with E-state index < -0.39 is 6.04 Å². The quantitative estimate of drug-likeness (QED) is 0.837. The molecule has 23 heavy (non-hydrogen) atoms. The summed E-state index contributed by atoms with van der Waals surface area (Å²) < 4.78 is 0. The van der Waals surface area contributed by atoms with Gasteiger partial charge in [0.15, 0.2) is 0 Å². The van der Waals surface area contributed by atoms with Gasteiger partial charge in [0.1, 0.15) is 6.04 Å². The van der Waals surface area contributed by atoms with E-state index in [0.29, 0.717) is 26.1 Å². The fourth-order valence-corrected chi connectivity index (χ4v) is 2.92. The van der Waals surface area contributed by atoms with E-state index in [1.807, 2.05) is 44.2 Å². The first-order valence-electron chi connectivity index (χ1n) is 8.14. The third-order valence-corrected chi connectivity index (χ3v) is 4.19. The second-order valence-electron chi connectivity index (χ2n) is 5.76. The molecule has 0 radical (unpaired) electrons. The number of hydrogen-bond donors (Lipinski definition) is 1. The topological polar surface area (TPSA) is 66.6 Å². The fraction of sp³-hybridized carbons (Fsp3) is 0.444. The summed E-state index contributed by atoms with van der Waals surface area (Å²) in [6, 6.07) is 9.03. The van der Waals surface area contributed by atoms with Gasteiger partial charge in [0, 0.05) is 31.8 Å². The first kappa shape index (κ1) is 17.2. The number of carbonyl (C=O) groups is 2. The minimum Gasteiger partial charge on any atom is -0.341 e.